The molecular weight excluding hydrogens is 382 g/mol. The third-order valence-electron chi connectivity index (χ3n) is 4.53. The number of piperazine rings is 1. The second kappa shape index (κ2) is 7.89. The van der Waals surface area contributed by atoms with Crippen LogP contribution in [0.5, 0.6) is 0 Å². The summed E-state index contributed by atoms with van der Waals surface area (Å²) >= 11 is 3.56. The van der Waals surface area contributed by atoms with Crippen LogP contribution in [0.2, 0.25) is 0 Å². The Balaban J connectivity index is 1.80. The SMILES string of the molecule is Nc1cccc(Br)c1N1CCN(Cc2ccccc2)C[C@H]1CC(=O)O. The Morgan fingerprint density at radius 3 is 2.60 bits per heavy atom. The van der Waals surface area contributed by atoms with E-state index >= 15 is 0 Å². The van der Waals surface area contributed by atoms with Gasteiger partial charge >= 0.3 is 5.97 Å². The molecule has 25 heavy (non-hydrogen) atoms. The van der Waals surface area contributed by atoms with Gasteiger partial charge in [-0.05, 0) is 33.6 Å². The Labute approximate surface area is 156 Å². The summed E-state index contributed by atoms with van der Waals surface area (Å²) in [6.45, 7) is 3.14. The summed E-state index contributed by atoms with van der Waals surface area (Å²) in [5.41, 5.74) is 8.98. The lowest BCUT2D eigenvalue weighted by Gasteiger charge is -2.43. The molecule has 2 aromatic carbocycles. The normalized spacial score (nSPS) is 18.3. The van der Waals surface area contributed by atoms with E-state index in [-0.39, 0.29) is 12.5 Å². The number of carbonyl (C=O) groups is 1. The lowest BCUT2D eigenvalue weighted by molar-refractivity contribution is -0.137. The molecule has 6 heteroatoms. The number of para-hydroxylation sites is 1. The molecule has 0 saturated carbocycles. The second-order valence-electron chi connectivity index (χ2n) is 6.34. The fraction of sp³-hybridized carbons (Fsp3) is 0.316. The highest BCUT2D eigenvalue weighted by Gasteiger charge is 2.30. The number of nitrogens with zero attached hydrogens (tertiary/aromatic N) is 2. The van der Waals surface area contributed by atoms with Crippen molar-refractivity contribution in [1.82, 2.24) is 4.90 Å². The zero-order chi connectivity index (χ0) is 17.8. The number of rotatable bonds is 5. The Kier molecular flexibility index (Phi) is 5.60. The smallest absolute Gasteiger partial charge is 0.305 e. The Bertz CT molecular complexity index is 718. The minimum atomic E-state index is -0.790. The molecule has 1 atom stereocenters. The van der Waals surface area contributed by atoms with Gasteiger partial charge in [0.2, 0.25) is 0 Å². The number of carboxylic acids is 1. The first kappa shape index (κ1) is 17.8. The Morgan fingerprint density at radius 1 is 1.16 bits per heavy atom. The second-order valence-corrected chi connectivity index (χ2v) is 7.20. The third-order valence-corrected chi connectivity index (χ3v) is 5.17. The van der Waals surface area contributed by atoms with Gasteiger partial charge in [0.1, 0.15) is 0 Å². The molecule has 1 saturated heterocycles. The summed E-state index contributed by atoms with van der Waals surface area (Å²) < 4.78 is 0.902. The molecule has 5 nitrogen and oxygen atoms in total. The predicted molar refractivity (Wildman–Crippen MR) is 104 cm³/mol. The Hall–Kier alpha value is -2.05. The zero-order valence-corrected chi connectivity index (χ0v) is 15.5. The number of hydrogen-bond acceptors (Lipinski definition) is 4. The van der Waals surface area contributed by atoms with Crippen LogP contribution in [-0.2, 0) is 11.3 Å². The lowest BCUT2D eigenvalue weighted by Crippen LogP contribution is -2.54. The monoisotopic (exact) mass is 403 g/mol. The molecule has 0 amide bonds. The van der Waals surface area contributed by atoms with Crippen LogP contribution in [0.1, 0.15) is 12.0 Å². The van der Waals surface area contributed by atoms with E-state index in [0.29, 0.717) is 12.2 Å². The topological polar surface area (TPSA) is 69.8 Å². The van der Waals surface area contributed by atoms with E-state index < -0.39 is 5.97 Å². The summed E-state index contributed by atoms with van der Waals surface area (Å²) in [5.74, 6) is -0.790. The largest absolute Gasteiger partial charge is 0.481 e. The number of anilines is 2. The summed E-state index contributed by atoms with van der Waals surface area (Å²) in [6.07, 6.45) is 0.0893. The molecule has 132 valence electrons. The average Bonchev–Trinajstić information content (AvgIpc) is 2.57. The molecule has 0 aromatic heterocycles. The molecular formula is C19H22BrN3O2. The van der Waals surface area contributed by atoms with Crippen molar-refractivity contribution in [2.45, 2.75) is 19.0 Å². The zero-order valence-electron chi connectivity index (χ0n) is 13.9. The van der Waals surface area contributed by atoms with Gasteiger partial charge < -0.3 is 15.7 Å². The quantitative estimate of drug-likeness (QED) is 0.750. The molecule has 3 N–H and O–H groups in total. The van der Waals surface area contributed by atoms with E-state index in [1.165, 1.54) is 5.56 Å². The minimum absolute atomic E-state index is 0.0893. The van der Waals surface area contributed by atoms with Crippen molar-refractivity contribution in [3.8, 4) is 0 Å². The molecule has 0 radical (unpaired) electrons. The Morgan fingerprint density at radius 2 is 1.92 bits per heavy atom. The molecule has 1 heterocycles. The van der Waals surface area contributed by atoms with Gasteiger partial charge in [0.05, 0.1) is 23.8 Å². The maximum absolute atomic E-state index is 11.4. The molecule has 1 fully saturated rings. The molecule has 1 aliphatic heterocycles. The molecule has 3 rings (SSSR count). The standard InChI is InChI=1S/C19H22BrN3O2/c20-16-7-4-8-17(21)19(16)23-10-9-22(13-15(23)11-18(24)25)12-14-5-2-1-3-6-14/h1-8,15H,9-13,21H2,(H,24,25)/t15-/m1/s1. The van der Waals surface area contributed by atoms with Gasteiger partial charge in [-0.15, -0.1) is 0 Å². The van der Waals surface area contributed by atoms with Crippen LogP contribution < -0.4 is 10.6 Å². The van der Waals surface area contributed by atoms with E-state index in [9.17, 15) is 9.90 Å². The molecule has 0 unspecified atom stereocenters. The number of carboxylic acid groups (broad SMARTS) is 1. The van der Waals surface area contributed by atoms with Gasteiger partial charge in [0.15, 0.2) is 0 Å². The molecule has 0 aliphatic carbocycles. The fourth-order valence-corrected chi connectivity index (χ4v) is 4.02. The molecule has 0 bridgehead atoms. The van der Waals surface area contributed by atoms with Crippen LogP contribution in [0.3, 0.4) is 0 Å². The summed E-state index contributed by atoms with van der Waals surface area (Å²) in [4.78, 5) is 15.8. The highest BCUT2D eigenvalue weighted by Crippen LogP contribution is 2.35. The van der Waals surface area contributed by atoms with Crippen molar-refractivity contribution in [1.29, 1.82) is 0 Å². The summed E-state index contributed by atoms with van der Waals surface area (Å²) in [6, 6.07) is 15.8. The van der Waals surface area contributed by atoms with Gasteiger partial charge in [-0.2, -0.15) is 0 Å². The van der Waals surface area contributed by atoms with Crippen molar-refractivity contribution in [2.24, 2.45) is 0 Å². The van der Waals surface area contributed by atoms with Crippen molar-refractivity contribution in [3.05, 3.63) is 58.6 Å². The highest BCUT2D eigenvalue weighted by atomic mass is 79.9. The first-order valence-electron chi connectivity index (χ1n) is 8.33. The maximum Gasteiger partial charge on any atom is 0.305 e. The van der Waals surface area contributed by atoms with Gasteiger partial charge in [-0.25, -0.2) is 0 Å². The molecule has 2 aromatic rings. The molecule has 1 aliphatic rings. The average molecular weight is 404 g/mol. The van der Waals surface area contributed by atoms with Crippen molar-refractivity contribution in [2.75, 3.05) is 30.3 Å². The van der Waals surface area contributed by atoms with Gasteiger partial charge in [0.25, 0.3) is 0 Å². The lowest BCUT2D eigenvalue weighted by atomic mass is 10.1. The highest BCUT2D eigenvalue weighted by molar-refractivity contribution is 9.10. The minimum Gasteiger partial charge on any atom is -0.481 e. The van der Waals surface area contributed by atoms with E-state index in [0.717, 1.165) is 29.8 Å². The van der Waals surface area contributed by atoms with Gasteiger partial charge in [-0.1, -0.05) is 36.4 Å². The van der Waals surface area contributed by atoms with Crippen molar-refractivity contribution in [3.63, 3.8) is 0 Å². The van der Waals surface area contributed by atoms with Crippen LogP contribution in [0.25, 0.3) is 0 Å². The van der Waals surface area contributed by atoms with Crippen LogP contribution in [-0.4, -0.2) is 41.7 Å². The number of hydrogen-bond donors (Lipinski definition) is 2. The van der Waals surface area contributed by atoms with Crippen LogP contribution in [0.15, 0.2) is 53.0 Å². The first-order chi connectivity index (χ1) is 12.0. The fourth-order valence-electron chi connectivity index (χ4n) is 3.41. The van der Waals surface area contributed by atoms with E-state index in [2.05, 4.69) is 37.9 Å². The van der Waals surface area contributed by atoms with Crippen LogP contribution in [0, 0.1) is 0 Å². The molecule has 0 spiro atoms. The van der Waals surface area contributed by atoms with E-state index in [4.69, 9.17) is 5.73 Å². The van der Waals surface area contributed by atoms with Gasteiger partial charge in [-0.3, -0.25) is 9.69 Å². The number of nitrogens with two attached hydrogens (primary N) is 1. The van der Waals surface area contributed by atoms with E-state index in [1.54, 1.807) is 0 Å². The number of nitrogen functional groups attached to an aromatic ring is 1. The van der Waals surface area contributed by atoms with Crippen molar-refractivity contribution >= 4 is 33.3 Å². The van der Waals surface area contributed by atoms with Crippen LogP contribution >= 0.6 is 15.9 Å². The number of halogens is 1. The van der Waals surface area contributed by atoms with E-state index in [1.807, 2.05) is 36.4 Å². The number of aliphatic carboxylic acids is 1. The van der Waals surface area contributed by atoms with Crippen LogP contribution in [0.4, 0.5) is 11.4 Å². The summed E-state index contributed by atoms with van der Waals surface area (Å²) in [7, 11) is 0. The maximum atomic E-state index is 11.4. The summed E-state index contributed by atoms with van der Waals surface area (Å²) in [5, 5.41) is 9.36. The van der Waals surface area contributed by atoms with Crippen molar-refractivity contribution < 1.29 is 9.90 Å². The van der Waals surface area contributed by atoms with Gasteiger partial charge in [0, 0.05) is 30.7 Å². The predicted octanol–water partition coefficient (Wildman–Crippen LogP) is 3.20. The third kappa shape index (κ3) is 4.32. The number of benzene rings is 2. The first-order valence-corrected chi connectivity index (χ1v) is 9.12.